The summed E-state index contributed by atoms with van der Waals surface area (Å²) in [6.45, 7) is 0. The lowest BCUT2D eigenvalue weighted by Crippen LogP contribution is -2.14. The molecule has 1 aromatic heterocycles. The Morgan fingerprint density at radius 3 is 2.65 bits per heavy atom. The van der Waals surface area contributed by atoms with Gasteiger partial charge >= 0.3 is 0 Å². The zero-order valence-corrected chi connectivity index (χ0v) is 14.3. The van der Waals surface area contributed by atoms with Crippen molar-refractivity contribution in [3.63, 3.8) is 0 Å². The van der Waals surface area contributed by atoms with Gasteiger partial charge in [-0.3, -0.25) is 4.79 Å². The van der Waals surface area contributed by atoms with E-state index >= 15 is 0 Å². The number of benzene rings is 2. The van der Waals surface area contributed by atoms with Crippen LogP contribution in [0.15, 0.2) is 53.9 Å². The van der Waals surface area contributed by atoms with Gasteiger partial charge in [-0.1, -0.05) is 53.5 Å². The van der Waals surface area contributed by atoms with Gasteiger partial charge in [0, 0.05) is 16.0 Å². The van der Waals surface area contributed by atoms with Crippen molar-refractivity contribution in [2.24, 2.45) is 0 Å². The van der Waals surface area contributed by atoms with Crippen LogP contribution in [0.5, 0.6) is 0 Å². The molecule has 0 aliphatic heterocycles. The first-order valence-corrected chi connectivity index (χ1v) is 8.50. The summed E-state index contributed by atoms with van der Waals surface area (Å²) in [6.07, 6.45) is 0.317. The van der Waals surface area contributed by atoms with Crippen molar-refractivity contribution in [1.29, 1.82) is 0 Å². The minimum atomic E-state index is -0.0979. The van der Waals surface area contributed by atoms with Crippen molar-refractivity contribution >= 4 is 45.6 Å². The van der Waals surface area contributed by atoms with E-state index in [-0.39, 0.29) is 5.91 Å². The normalized spacial score (nSPS) is 10.5. The monoisotopic (exact) mass is 362 g/mol. The Morgan fingerprint density at radius 1 is 1.13 bits per heavy atom. The third-order valence-electron chi connectivity index (χ3n) is 3.17. The maximum Gasteiger partial charge on any atom is 0.230 e. The fraction of sp³-hybridized carbons (Fsp3) is 0.0588. The van der Waals surface area contributed by atoms with Crippen LogP contribution >= 0.6 is 34.5 Å². The minimum Gasteiger partial charge on any atom is -0.302 e. The lowest BCUT2D eigenvalue weighted by molar-refractivity contribution is -0.115. The van der Waals surface area contributed by atoms with Gasteiger partial charge in [-0.25, -0.2) is 4.98 Å². The summed E-state index contributed by atoms with van der Waals surface area (Å²) in [5.41, 5.74) is 2.46. The highest BCUT2D eigenvalue weighted by Crippen LogP contribution is 2.32. The van der Waals surface area contributed by atoms with Gasteiger partial charge in [0.25, 0.3) is 0 Å². The minimum absolute atomic E-state index is 0.0979. The van der Waals surface area contributed by atoms with Crippen molar-refractivity contribution in [3.8, 4) is 11.3 Å². The summed E-state index contributed by atoms with van der Waals surface area (Å²) in [5, 5.41) is 6.32. The van der Waals surface area contributed by atoms with Gasteiger partial charge in [0.1, 0.15) is 0 Å². The fourth-order valence-electron chi connectivity index (χ4n) is 2.10. The van der Waals surface area contributed by atoms with Crippen LogP contribution in [-0.2, 0) is 11.2 Å². The smallest absolute Gasteiger partial charge is 0.230 e. The number of nitrogens with zero attached hydrogens (tertiary/aromatic N) is 1. The molecule has 116 valence electrons. The average Bonchev–Trinajstić information content (AvgIpc) is 2.96. The van der Waals surface area contributed by atoms with Gasteiger partial charge < -0.3 is 5.32 Å². The summed E-state index contributed by atoms with van der Waals surface area (Å²) in [7, 11) is 0. The molecule has 6 heteroatoms. The highest BCUT2D eigenvalue weighted by molar-refractivity contribution is 7.14. The molecule has 1 heterocycles. The maximum atomic E-state index is 12.1. The quantitative estimate of drug-likeness (QED) is 0.684. The first-order chi connectivity index (χ1) is 11.1. The van der Waals surface area contributed by atoms with Crippen LogP contribution in [0, 0.1) is 0 Å². The molecule has 0 spiro atoms. The highest BCUT2D eigenvalue weighted by atomic mass is 35.5. The van der Waals surface area contributed by atoms with E-state index < -0.39 is 0 Å². The Hall–Kier alpha value is -1.88. The first-order valence-electron chi connectivity index (χ1n) is 6.86. The predicted octanol–water partition coefficient (Wildman–Crippen LogP) is 5.30. The summed E-state index contributed by atoms with van der Waals surface area (Å²) < 4.78 is 0. The number of nitrogens with one attached hydrogen (secondary N) is 1. The molecule has 0 aliphatic carbocycles. The van der Waals surface area contributed by atoms with Crippen molar-refractivity contribution in [3.05, 3.63) is 69.5 Å². The van der Waals surface area contributed by atoms with Gasteiger partial charge in [0.15, 0.2) is 5.13 Å². The van der Waals surface area contributed by atoms with E-state index in [1.54, 1.807) is 12.1 Å². The standard InChI is InChI=1S/C17H12Cl2N2OS/c18-12-6-7-13(14(19)9-12)15-10-23-17(20-15)21-16(22)8-11-4-2-1-3-5-11/h1-7,9-10H,8H2,(H,20,21,22). The molecule has 0 saturated carbocycles. The fourth-order valence-corrected chi connectivity index (χ4v) is 3.33. The van der Waals surface area contributed by atoms with E-state index in [9.17, 15) is 4.79 Å². The molecular formula is C17H12Cl2N2OS. The van der Waals surface area contributed by atoms with Crippen LogP contribution in [0.2, 0.25) is 10.0 Å². The molecule has 1 amide bonds. The molecule has 0 fully saturated rings. The number of carbonyl (C=O) groups is 1. The lowest BCUT2D eigenvalue weighted by Gasteiger charge is -2.02. The van der Waals surface area contributed by atoms with Gasteiger partial charge in [-0.15, -0.1) is 11.3 Å². The number of rotatable bonds is 4. The zero-order chi connectivity index (χ0) is 16.2. The average molecular weight is 363 g/mol. The lowest BCUT2D eigenvalue weighted by atomic mass is 10.1. The SMILES string of the molecule is O=C(Cc1ccccc1)Nc1nc(-c2ccc(Cl)cc2Cl)cs1. The number of thiazole rings is 1. The Kier molecular flexibility index (Phi) is 4.96. The van der Waals surface area contributed by atoms with E-state index in [0.717, 1.165) is 11.1 Å². The van der Waals surface area contributed by atoms with Crippen LogP contribution in [-0.4, -0.2) is 10.9 Å². The molecule has 0 radical (unpaired) electrons. The molecule has 3 rings (SSSR count). The van der Waals surface area contributed by atoms with E-state index in [1.807, 2.05) is 41.8 Å². The predicted molar refractivity (Wildman–Crippen MR) is 96.3 cm³/mol. The molecule has 23 heavy (non-hydrogen) atoms. The van der Waals surface area contributed by atoms with Crippen LogP contribution < -0.4 is 5.32 Å². The number of anilines is 1. The Bertz CT molecular complexity index is 834. The molecule has 3 nitrogen and oxygen atoms in total. The molecule has 0 saturated heterocycles. The third kappa shape index (κ3) is 4.10. The largest absolute Gasteiger partial charge is 0.302 e. The number of carbonyl (C=O) groups excluding carboxylic acids is 1. The van der Waals surface area contributed by atoms with E-state index in [4.69, 9.17) is 23.2 Å². The first kappa shape index (κ1) is 16.0. The van der Waals surface area contributed by atoms with Crippen LogP contribution in [0.4, 0.5) is 5.13 Å². The van der Waals surface area contributed by atoms with Crippen LogP contribution in [0.1, 0.15) is 5.56 Å². The van der Waals surface area contributed by atoms with E-state index in [2.05, 4.69) is 10.3 Å². The third-order valence-corrected chi connectivity index (χ3v) is 4.47. The van der Waals surface area contributed by atoms with Crippen molar-refractivity contribution in [2.45, 2.75) is 6.42 Å². The summed E-state index contributed by atoms with van der Waals surface area (Å²) in [4.78, 5) is 16.5. The molecule has 3 aromatic rings. The van der Waals surface area contributed by atoms with Crippen molar-refractivity contribution in [2.75, 3.05) is 5.32 Å². The molecule has 0 atom stereocenters. The molecule has 1 N–H and O–H groups in total. The summed E-state index contributed by atoms with van der Waals surface area (Å²) in [6, 6.07) is 14.8. The Balaban J connectivity index is 1.71. The summed E-state index contributed by atoms with van der Waals surface area (Å²) in [5.74, 6) is -0.0979. The highest BCUT2D eigenvalue weighted by Gasteiger charge is 2.11. The van der Waals surface area contributed by atoms with Crippen molar-refractivity contribution < 1.29 is 4.79 Å². The number of hydrogen-bond acceptors (Lipinski definition) is 3. The van der Waals surface area contributed by atoms with Gasteiger partial charge in [0.2, 0.25) is 5.91 Å². The van der Waals surface area contributed by atoms with Gasteiger partial charge in [-0.05, 0) is 23.8 Å². The molecule has 2 aromatic carbocycles. The second-order valence-corrected chi connectivity index (χ2v) is 6.57. The topological polar surface area (TPSA) is 42.0 Å². The van der Waals surface area contributed by atoms with Crippen molar-refractivity contribution in [1.82, 2.24) is 4.98 Å². The van der Waals surface area contributed by atoms with Crippen LogP contribution in [0.25, 0.3) is 11.3 Å². The number of halogens is 2. The molecule has 0 aliphatic rings. The van der Waals surface area contributed by atoms with Gasteiger partial charge in [-0.2, -0.15) is 0 Å². The van der Waals surface area contributed by atoms with E-state index in [1.165, 1.54) is 11.3 Å². The number of amides is 1. The molecule has 0 bridgehead atoms. The Morgan fingerprint density at radius 2 is 1.91 bits per heavy atom. The Labute approximate surface area is 147 Å². The molecular weight excluding hydrogens is 351 g/mol. The number of hydrogen-bond donors (Lipinski definition) is 1. The van der Waals surface area contributed by atoms with E-state index in [0.29, 0.717) is 27.3 Å². The maximum absolute atomic E-state index is 12.1. The second-order valence-electron chi connectivity index (χ2n) is 4.87. The summed E-state index contributed by atoms with van der Waals surface area (Å²) >= 11 is 13.4. The van der Waals surface area contributed by atoms with Crippen LogP contribution in [0.3, 0.4) is 0 Å². The zero-order valence-electron chi connectivity index (χ0n) is 11.9. The molecule has 0 unspecified atom stereocenters. The number of aromatic nitrogens is 1. The van der Waals surface area contributed by atoms with Gasteiger partial charge in [0.05, 0.1) is 17.1 Å². The second kappa shape index (κ2) is 7.13.